The van der Waals surface area contributed by atoms with Crippen LogP contribution in [0.15, 0.2) is 0 Å². The van der Waals surface area contributed by atoms with Gasteiger partial charge in [0.1, 0.15) is 0 Å². The standard InChI is InChI=1S/C10H13S/c1-7-8(2)11-10-6-4-3-5-9(7)10/h1,3-6H2,2H3. The molecule has 0 amide bonds. The number of hydrogen-bond donors (Lipinski definition) is 0. The average Bonchev–Trinajstić information content (AvgIpc) is 2.30. The van der Waals surface area contributed by atoms with Gasteiger partial charge in [-0.15, -0.1) is 11.3 Å². The second-order valence-electron chi connectivity index (χ2n) is 3.25. The molecule has 1 aromatic heterocycles. The van der Waals surface area contributed by atoms with Crippen molar-refractivity contribution in [1.82, 2.24) is 0 Å². The fraction of sp³-hybridized carbons (Fsp3) is 0.500. The molecule has 0 fully saturated rings. The van der Waals surface area contributed by atoms with E-state index < -0.39 is 0 Å². The molecule has 1 aliphatic carbocycles. The first-order valence-corrected chi connectivity index (χ1v) is 5.04. The van der Waals surface area contributed by atoms with Gasteiger partial charge in [0.15, 0.2) is 0 Å². The Hall–Kier alpha value is -0.300. The predicted molar refractivity (Wildman–Crippen MR) is 50.2 cm³/mol. The van der Waals surface area contributed by atoms with Crippen molar-refractivity contribution in [2.45, 2.75) is 32.6 Å². The third-order valence-electron chi connectivity index (χ3n) is 2.48. The highest BCUT2D eigenvalue weighted by Gasteiger charge is 2.15. The van der Waals surface area contributed by atoms with Crippen LogP contribution in [0.3, 0.4) is 0 Å². The van der Waals surface area contributed by atoms with Crippen molar-refractivity contribution in [2.75, 3.05) is 0 Å². The van der Waals surface area contributed by atoms with Gasteiger partial charge in [-0.25, -0.2) is 0 Å². The van der Waals surface area contributed by atoms with Gasteiger partial charge in [-0.1, -0.05) is 0 Å². The van der Waals surface area contributed by atoms with Crippen LogP contribution in [-0.2, 0) is 12.8 Å². The summed E-state index contributed by atoms with van der Waals surface area (Å²) in [5, 5.41) is 0. The van der Waals surface area contributed by atoms with E-state index in [9.17, 15) is 0 Å². The van der Waals surface area contributed by atoms with E-state index in [1.54, 1.807) is 10.4 Å². The largest absolute Gasteiger partial charge is 0.145 e. The minimum absolute atomic E-state index is 1.28. The molecule has 0 bridgehead atoms. The highest BCUT2D eigenvalue weighted by atomic mass is 32.1. The minimum atomic E-state index is 1.28. The summed E-state index contributed by atoms with van der Waals surface area (Å²) in [5.41, 5.74) is 2.89. The third-order valence-corrected chi connectivity index (χ3v) is 3.73. The SMILES string of the molecule is [CH2]c1c(C)sc2c1CCCC2. The van der Waals surface area contributed by atoms with Gasteiger partial charge in [0.05, 0.1) is 0 Å². The minimum Gasteiger partial charge on any atom is -0.145 e. The molecular weight excluding hydrogens is 152 g/mol. The van der Waals surface area contributed by atoms with Gasteiger partial charge in [0.2, 0.25) is 0 Å². The first-order chi connectivity index (χ1) is 5.29. The van der Waals surface area contributed by atoms with Gasteiger partial charge < -0.3 is 0 Å². The van der Waals surface area contributed by atoms with Gasteiger partial charge in [0.25, 0.3) is 0 Å². The van der Waals surface area contributed by atoms with Crippen LogP contribution in [0.1, 0.15) is 33.7 Å². The van der Waals surface area contributed by atoms with E-state index in [1.165, 1.54) is 36.1 Å². The van der Waals surface area contributed by atoms with Crippen LogP contribution in [0.4, 0.5) is 0 Å². The molecule has 0 aromatic carbocycles. The van der Waals surface area contributed by atoms with Crippen molar-refractivity contribution < 1.29 is 0 Å². The normalized spacial score (nSPS) is 16.5. The van der Waals surface area contributed by atoms with E-state index in [0.29, 0.717) is 0 Å². The van der Waals surface area contributed by atoms with Gasteiger partial charge in [-0.3, -0.25) is 0 Å². The molecule has 0 aliphatic heterocycles. The molecule has 0 nitrogen and oxygen atoms in total. The maximum atomic E-state index is 4.10. The molecular formula is C10H13S. The van der Waals surface area contributed by atoms with Crippen LogP contribution in [-0.4, -0.2) is 0 Å². The van der Waals surface area contributed by atoms with Crippen LogP contribution in [0.5, 0.6) is 0 Å². The third kappa shape index (κ3) is 1.12. The first-order valence-electron chi connectivity index (χ1n) is 4.22. The molecule has 0 atom stereocenters. The Bertz CT molecular complexity index is 271. The maximum absolute atomic E-state index is 4.10. The molecule has 11 heavy (non-hydrogen) atoms. The molecule has 0 saturated heterocycles. The van der Waals surface area contributed by atoms with E-state index in [0.717, 1.165) is 0 Å². The fourth-order valence-corrected chi connectivity index (χ4v) is 2.98. The lowest BCUT2D eigenvalue weighted by Crippen LogP contribution is -1.98. The predicted octanol–water partition coefficient (Wildman–Crippen LogP) is 3.12. The second kappa shape index (κ2) is 2.63. The van der Waals surface area contributed by atoms with Crippen LogP contribution >= 0.6 is 11.3 Å². The summed E-state index contributed by atoms with van der Waals surface area (Å²) in [6.45, 7) is 6.29. The molecule has 1 aliphatic rings. The first kappa shape index (κ1) is 7.35. The van der Waals surface area contributed by atoms with Crippen LogP contribution in [0.25, 0.3) is 0 Å². The Morgan fingerprint density at radius 2 is 2.00 bits per heavy atom. The molecule has 1 heteroatoms. The molecule has 1 aromatic rings. The van der Waals surface area contributed by atoms with Gasteiger partial charge >= 0.3 is 0 Å². The molecule has 0 N–H and O–H groups in total. The quantitative estimate of drug-likeness (QED) is 0.554. The van der Waals surface area contributed by atoms with Crippen molar-refractivity contribution >= 4 is 11.3 Å². The number of thiophene rings is 1. The highest BCUT2D eigenvalue weighted by molar-refractivity contribution is 7.12. The summed E-state index contributed by atoms with van der Waals surface area (Å²) in [6.07, 6.45) is 5.33. The van der Waals surface area contributed by atoms with Crippen molar-refractivity contribution in [3.05, 3.63) is 27.8 Å². The van der Waals surface area contributed by atoms with Crippen LogP contribution in [0.2, 0.25) is 0 Å². The highest BCUT2D eigenvalue weighted by Crippen LogP contribution is 2.32. The zero-order chi connectivity index (χ0) is 7.84. The summed E-state index contributed by atoms with van der Waals surface area (Å²) in [6, 6.07) is 0. The number of aryl methyl sites for hydroxylation is 2. The van der Waals surface area contributed by atoms with Gasteiger partial charge in [-0.05, 0) is 50.7 Å². The molecule has 0 saturated carbocycles. The zero-order valence-electron chi connectivity index (χ0n) is 6.94. The number of hydrogen-bond acceptors (Lipinski definition) is 1. The monoisotopic (exact) mass is 165 g/mol. The van der Waals surface area contributed by atoms with Gasteiger partial charge in [-0.2, -0.15) is 0 Å². The average molecular weight is 165 g/mol. The molecule has 1 heterocycles. The molecule has 0 unspecified atom stereocenters. The van der Waals surface area contributed by atoms with E-state index in [4.69, 9.17) is 0 Å². The summed E-state index contributed by atoms with van der Waals surface area (Å²) < 4.78 is 0. The van der Waals surface area contributed by atoms with E-state index in [-0.39, 0.29) is 0 Å². The Kier molecular flexibility index (Phi) is 1.76. The topological polar surface area (TPSA) is 0 Å². The van der Waals surface area contributed by atoms with Gasteiger partial charge in [0, 0.05) is 9.75 Å². The molecule has 0 spiro atoms. The lowest BCUT2D eigenvalue weighted by atomic mass is 9.96. The summed E-state index contributed by atoms with van der Waals surface area (Å²) in [5.74, 6) is 0. The number of fused-ring (bicyclic) bond motifs is 1. The van der Waals surface area contributed by atoms with Crippen LogP contribution in [0, 0.1) is 13.8 Å². The fourth-order valence-electron chi connectivity index (χ4n) is 1.77. The Balaban J connectivity index is 2.50. The Morgan fingerprint density at radius 1 is 1.27 bits per heavy atom. The second-order valence-corrected chi connectivity index (χ2v) is 4.55. The lowest BCUT2D eigenvalue weighted by Gasteiger charge is -2.10. The van der Waals surface area contributed by atoms with Crippen molar-refractivity contribution in [1.29, 1.82) is 0 Å². The van der Waals surface area contributed by atoms with E-state index in [2.05, 4.69) is 13.8 Å². The maximum Gasteiger partial charge on any atom is 0.00829 e. The summed E-state index contributed by atoms with van der Waals surface area (Å²) in [7, 11) is 0. The van der Waals surface area contributed by atoms with Crippen molar-refractivity contribution in [3.63, 3.8) is 0 Å². The Labute approximate surface area is 72.3 Å². The molecule has 2 rings (SSSR count). The van der Waals surface area contributed by atoms with Crippen molar-refractivity contribution in [3.8, 4) is 0 Å². The van der Waals surface area contributed by atoms with Crippen LogP contribution < -0.4 is 0 Å². The zero-order valence-corrected chi connectivity index (χ0v) is 7.76. The summed E-state index contributed by atoms with van der Waals surface area (Å²) in [4.78, 5) is 3.04. The molecule has 1 radical (unpaired) electrons. The lowest BCUT2D eigenvalue weighted by molar-refractivity contribution is 0.695. The smallest absolute Gasteiger partial charge is 0.00829 e. The molecule has 59 valence electrons. The Morgan fingerprint density at radius 3 is 2.73 bits per heavy atom. The summed E-state index contributed by atoms with van der Waals surface area (Å²) >= 11 is 1.95. The van der Waals surface area contributed by atoms with E-state index >= 15 is 0 Å². The number of rotatable bonds is 0. The van der Waals surface area contributed by atoms with E-state index in [1.807, 2.05) is 11.3 Å². The van der Waals surface area contributed by atoms with Crippen molar-refractivity contribution in [2.24, 2.45) is 0 Å².